The van der Waals surface area contributed by atoms with E-state index in [1.807, 2.05) is 12.1 Å². The van der Waals surface area contributed by atoms with Crippen molar-refractivity contribution < 1.29 is 9.18 Å². The van der Waals surface area contributed by atoms with Crippen molar-refractivity contribution in [1.29, 1.82) is 0 Å². The molecule has 25 heavy (non-hydrogen) atoms. The highest BCUT2D eigenvalue weighted by Gasteiger charge is 2.13. The van der Waals surface area contributed by atoms with Crippen LogP contribution in [-0.2, 0) is 11.2 Å². The average Bonchev–Trinajstić information content (AvgIpc) is 3.26. The molecule has 0 saturated carbocycles. The van der Waals surface area contributed by atoms with E-state index in [0.29, 0.717) is 5.52 Å². The van der Waals surface area contributed by atoms with E-state index in [9.17, 15) is 9.18 Å². The van der Waals surface area contributed by atoms with E-state index in [-0.39, 0.29) is 18.1 Å². The number of rotatable bonds is 4. The molecule has 4 rings (SSSR count). The molecule has 0 spiro atoms. The molecule has 0 atom stereocenters. The topological polar surface area (TPSA) is 48.1 Å². The van der Waals surface area contributed by atoms with Gasteiger partial charge < -0.3 is 15.2 Å². The quantitative estimate of drug-likeness (QED) is 0.753. The molecule has 0 unspecified atom stereocenters. The first-order chi connectivity index (χ1) is 12.2. The van der Waals surface area contributed by atoms with Crippen LogP contribution in [0.4, 0.5) is 15.8 Å². The van der Waals surface area contributed by atoms with Crippen LogP contribution in [0.5, 0.6) is 0 Å². The summed E-state index contributed by atoms with van der Waals surface area (Å²) in [7, 11) is 0. The molecule has 2 aromatic carbocycles. The Morgan fingerprint density at radius 3 is 2.64 bits per heavy atom. The lowest BCUT2D eigenvalue weighted by Crippen LogP contribution is -2.18. The second kappa shape index (κ2) is 6.59. The molecule has 0 aliphatic carbocycles. The zero-order chi connectivity index (χ0) is 17.2. The minimum Gasteiger partial charge on any atom is -0.372 e. The van der Waals surface area contributed by atoms with Crippen molar-refractivity contribution in [1.82, 2.24) is 4.98 Å². The molecule has 2 heterocycles. The summed E-state index contributed by atoms with van der Waals surface area (Å²) in [4.78, 5) is 17.7. The number of amides is 1. The minimum absolute atomic E-state index is 0.0841. The second-order valence-electron chi connectivity index (χ2n) is 6.47. The summed E-state index contributed by atoms with van der Waals surface area (Å²) in [5.74, 6) is -0.373. The van der Waals surface area contributed by atoms with Crippen molar-refractivity contribution in [2.75, 3.05) is 23.3 Å². The zero-order valence-electron chi connectivity index (χ0n) is 13.9. The Labute approximate surface area is 145 Å². The van der Waals surface area contributed by atoms with E-state index < -0.39 is 0 Å². The van der Waals surface area contributed by atoms with Crippen molar-refractivity contribution in [3.05, 3.63) is 60.0 Å². The Hall–Kier alpha value is -2.82. The summed E-state index contributed by atoms with van der Waals surface area (Å²) < 4.78 is 13.2. The van der Waals surface area contributed by atoms with Gasteiger partial charge in [-0.1, -0.05) is 0 Å². The highest BCUT2D eigenvalue weighted by Crippen LogP contribution is 2.23. The number of fused-ring (bicyclic) bond motifs is 1. The number of nitrogens with one attached hydrogen (secondary N) is 2. The smallest absolute Gasteiger partial charge is 0.228 e. The SMILES string of the molecule is O=C(Cc1c[nH]c2cc(F)ccc12)Nc1ccc(N2CCCC2)cc1. The Balaban J connectivity index is 1.42. The lowest BCUT2D eigenvalue weighted by atomic mass is 10.1. The van der Waals surface area contributed by atoms with Crippen LogP contribution in [0.2, 0.25) is 0 Å². The number of nitrogens with zero attached hydrogens (tertiary/aromatic N) is 1. The van der Waals surface area contributed by atoms with E-state index >= 15 is 0 Å². The fourth-order valence-corrected chi connectivity index (χ4v) is 3.41. The van der Waals surface area contributed by atoms with Gasteiger partial charge in [-0.15, -0.1) is 0 Å². The summed E-state index contributed by atoms with van der Waals surface area (Å²) in [5.41, 5.74) is 3.56. The monoisotopic (exact) mass is 337 g/mol. The van der Waals surface area contributed by atoms with Crippen molar-refractivity contribution in [2.45, 2.75) is 19.3 Å². The number of aromatic amines is 1. The number of halogens is 1. The highest BCUT2D eigenvalue weighted by molar-refractivity contribution is 5.95. The number of H-pyrrole nitrogens is 1. The average molecular weight is 337 g/mol. The summed E-state index contributed by atoms with van der Waals surface area (Å²) in [6, 6.07) is 12.5. The minimum atomic E-state index is -0.288. The van der Waals surface area contributed by atoms with Gasteiger partial charge in [-0.05, 0) is 60.9 Å². The van der Waals surface area contributed by atoms with Gasteiger partial charge in [-0.3, -0.25) is 4.79 Å². The summed E-state index contributed by atoms with van der Waals surface area (Å²) in [6.07, 6.45) is 4.50. The fourth-order valence-electron chi connectivity index (χ4n) is 3.41. The van der Waals surface area contributed by atoms with Crippen LogP contribution in [0.25, 0.3) is 10.9 Å². The van der Waals surface area contributed by atoms with Crippen LogP contribution < -0.4 is 10.2 Å². The molecule has 5 heteroatoms. The second-order valence-corrected chi connectivity index (χ2v) is 6.47. The van der Waals surface area contributed by atoms with Crippen LogP contribution >= 0.6 is 0 Å². The number of carbonyl (C=O) groups is 1. The van der Waals surface area contributed by atoms with Crippen molar-refractivity contribution >= 4 is 28.2 Å². The van der Waals surface area contributed by atoms with Crippen molar-refractivity contribution in [3.63, 3.8) is 0 Å². The lowest BCUT2D eigenvalue weighted by molar-refractivity contribution is -0.115. The highest BCUT2D eigenvalue weighted by atomic mass is 19.1. The molecule has 3 aromatic rings. The largest absolute Gasteiger partial charge is 0.372 e. The molecule has 1 amide bonds. The molecule has 2 N–H and O–H groups in total. The number of carbonyl (C=O) groups excluding carboxylic acids is 1. The molecule has 128 valence electrons. The molecule has 1 aliphatic rings. The van der Waals surface area contributed by atoms with Gasteiger partial charge >= 0.3 is 0 Å². The summed E-state index contributed by atoms with van der Waals surface area (Å²) in [5, 5.41) is 3.80. The normalized spacial score (nSPS) is 14.2. The Morgan fingerprint density at radius 1 is 1.12 bits per heavy atom. The molecule has 0 radical (unpaired) electrons. The molecular formula is C20H20FN3O. The first-order valence-electron chi connectivity index (χ1n) is 8.59. The Morgan fingerprint density at radius 2 is 1.88 bits per heavy atom. The van der Waals surface area contributed by atoms with Gasteiger partial charge in [0.05, 0.1) is 6.42 Å². The van der Waals surface area contributed by atoms with Gasteiger partial charge in [0.2, 0.25) is 5.91 Å². The number of hydrogen-bond donors (Lipinski definition) is 2. The van der Waals surface area contributed by atoms with Gasteiger partial charge in [-0.2, -0.15) is 0 Å². The van der Waals surface area contributed by atoms with Crippen LogP contribution in [0.1, 0.15) is 18.4 Å². The molecule has 4 nitrogen and oxygen atoms in total. The molecule has 1 saturated heterocycles. The maximum Gasteiger partial charge on any atom is 0.228 e. The van der Waals surface area contributed by atoms with E-state index in [0.717, 1.165) is 29.7 Å². The summed E-state index contributed by atoms with van der Waals surface area (Å²) >= 11 is 0. The molecule has 0 bridgehead atoms. The zero-order valence-corrected chi connectivity index (χ0v) is 13.9. The third-order valence-electron chi connectivity index (χ3n) is 4.70. The van der Waals surface area contributed by atoms with Gasteiger partial charge in [-0.25, -0.2) is 4.39 Å². The lowest BCUT2D eigenvalue weighted by Gasteiger charge is -2.17. The van der Waals surface area contributed by atoms with Gasteiger partial charge in [0.15, 0.2) is 0 Å². The Kier molecular flexibility index (Phi) is 4.14. The maximum absolute atomic E-state index is 13.2. The number of anilines is 2. The third kappa shape index (κ3) is 3.36. The van der Waals surface area contributed by atoms with Crippen molar-refractivity contribution in [3.8, 4) is 0 Å². The van der Waals surface area contributed by atoms with E-state index in [2.05, 4.69) is 27.3 Å². The standard InChI is InChI=1S/C20H20FN3O/c21-15-3-8-18-14(13-22-19(18)12-15)11-20(25)23-16-4-6-17(7-5-16)24-9-1-2-10-24/h3-8,12-13,22H,1-2,9-11H2,(H,23,25). The van der Waals surface area contributed by atoms with Crippen molar-refractivity contribution in [2.24, 2.45) is 0 Å². The fraction of sp³-hybridized carbons (Fsp3) is 0.250. The number of hydrogen-bond acceptors (Lipinski definition) is 2. The third-order valence-corrected chi connectivity index (χ3v) is 4.70. The van der Waals surface area contributed by atoms with Crippen LogP contribution in [-0.4, -0.2) is 24.0 Å². The Bertz CT molecular complexity index is 895. The predicted octanol–water partition coefficient (Wildman–Crippen LogP) is 4.09. The van der Waals surface area contributed by atoms with E-state index in [1.165, 1.54) is 30.7 Å². The molecule has 1 fully saturated rings. The first kappa shape index (κ1) is 15.7. The van der Waals surface area contributed by atoms with Gasteiger partial charge in [0.25, 0.3) is 0 Å². The molecular weight excluding hydrogens is 317 g/mol. The molecule has 1 aliphatic heterocycles. The van der Waals surface area contributed by atoms with Crippen LogP contribution in [0.3, 0.4) is 0 Å². The van der Waals surface area contributed by atoms with Crippen LogP contribution in [0.15, 0.2) is 48.7 Å². The van der Waals surface area contributed by atoms with E-state index in [1.54, 1.807) is 12.3 Å². The van der Waals surface area contributed by atoms with Crippen LogP contribution in [0, 0.1) is 5.82 Å². The van der Waals surface area contributed by atoms with E-state index in [4.69, 9.17) is 0 Å². The first-order valence-corrected chi connectivity index (χ1v) is 8.59. The van der Waals surface area contributed by atoms with Gasteiger partial charge in [0, 0.05) is 41.6 Å². The maximum atomic E-state index is 13.2. The predicted molar refractivity (Wildman–Crippen MR) is 98.5 cm³/mol. The molecule has 1 aromatic heterocycles. The number of aromatic nitrogens is 1. The number of benzene rings is 2. The van der Waals surface area contributed by atoms with Gasteiger partial charge in [0.1, 0.15) is 5.82 Å². The summed E-state index contributed by atoms with van der Waals surface area (Å²) in [6.45, 7) is 2.21.